The zero-order valence-electron chi connectivity index (χ0n) is 14.8. The number of halogens is 2. The second-order valence-corrected chi connectivity index (χ2v) is 7.38. The fourth-order valence-electron chi connectivity index (χ4n) is 3.34. The summed E-state index contributed by atoms with van der Waals surface area (Å²) in [5.41, 5.74) is 1.76. The molecule has 1 heterocycles. The number of oxime groups is 1. The van der Waals surface area contributed by atoms with Crippen molar-refractivity contribution in [2.75, 3.05) is 0 Å². The summed E-state index contributed by atoms with van der Waals surface area (Å²) in [4.78, 5) is 14.2. The maximum absolute atomic E-state index is 14.4. The highest BCUT2D eigenvalue weighted by molar-refractivity contribution is 9.10. The molecule has 1 fully saturated rings. The van der Waals surface area contributed by atoms with Crippen LogP contribution in [0.15, 0.2) is 58.2 Å². The molecule has 0 radical (unpaired) electrons. The van der Waals surface area contributed by atoms with Crippen molar-refractivity contribution in [1.29, 1.82) is 0 Å². The summed E-state index contributed by atoms with van der Waals surface area (Å²) in [5, 5.41) is 12.7. The summed E-state index contributed by atoms with van der Waals surface area (Å²) in [7, 11) is 0. The smallest absolute Gasteiger partial charge is 0.410 e. The van der Waals surface area contributed by atoms with Gasteiger partial charge in [0.25, 0.3) is 0 Å². The van der Waals surface area contributed by atoms with E-state index in [0.717, 1.165) is 5.56 Å². The van der Waals surface area contributed by atoms with E-state index in [-0.39, 0.29) is 24.9 Å². The number of nitrogens with zero attached hydrogens (tertiary/aromatic N) is 2. The van der Waals surface area contributed by atoms with Crippen molar-refractivity contribution in [2.45, 2.75) is 38.5 Å². The number of benzene rings is 2. The first-order valence-electron chi connectivity index (χ1n) is 8.64. The quantitative estimate of drug-likeness (QED) is 0.557. The van der Waals surface area contributed by atoms with Crippen molar-refractivity contribution < 1.29 is 19.1 Å². The van der Waals surface area contributed by atoms with Gasteiger partial charge in [-0.2, -0.15) is 0 Å². The van der Waals surface area contributed by atoms with E-state index in [1.807, 2.05) is 37.3 Å². The Morgan fingerprint density at radius 2 is 2.04 bits per heavy atom. The van der Waals surface area contributed by atoms with Crippen LogP contribution < -0.4 is 0 Å². The molecule has 1 aliphatic heterocycles. The Morgan fingerprint density at radius 1 is 1.30 bits per heavy atom. The van der Waals surface area contributed by atoms with Crippen LogP contribution in [-0.4, -0.2) is 34.0 Å². The van der Waals surface area contributed by atoms with E-state index in [1.54, 1.807) is 18.2 Å². The maximum Gasteiger partial charge on any atom is 0.410 e. The van der Waals surface area contributed by atoms with Gasteiger partial charge >= 0.3 is 6.09 Å². The first-order valence-corrected chi connectivity index (χ1v) is 9.43. The number of carbonyl (C=O) groups is 1. The third-order valence-electron chi connectivity index (χ3n) is 4.69. The van der Waals surface area contributed by atoms with Crippen LogP contribution >= 0.6 is 15.9 Å². The fraction of sp³-hybridized carbons (Fsp3) is 0.300. The number of hydrogen-bond donors (Lipinski definition) is 1. The molecule has 0 aromatic heterocycles. The SMILES string of the molecule is C[C@@H]1CC(=NO)C(Cc2cccc(Br)c2F)N1C(=O)OCc1ccccc1. The van der Waals surface area contributed by atoms with E-state index < -0.39 is 12.1 Å². The predicted octanol–water partition coefficient (Wildman–Crippen LogP) is 4.76. The second-order valence-electron chi connectivity index (χ2n) is 6.52. The Bertz CT molecular complexity index is 844. The van der Waals surface area contributed by atoms with Crippen LogP contribution in [0.4, 0.5) is 9.18 Å². The lowest BCUT2D eigenvalue weighted by Gasteiger charge is -2.27. The number of rotatable bonds is 4. The van der Waals surface area contributed by atoms with Crippen molar-refractivity contribution in [3.8, 4) is 0 Å². The van der Waals surface area contributed by atoms with Gasteiger partial charge in [-0.05, 0) is 40.0 Å². The molecule has 1 N–H and O–H groups in total. The molecule has 0 bridgehead atoms. The molecule has 1 unspecified atom stereocenters. The Hall–Kier alpha value is -2.41. The largest absolute Gasteiger partial charge is 0.445 e. The van der Waals surface area contributed by atoms with Crippen LogP contribution in [0.5, 0.6) is 0 Å². The standard InChI is InChI=1S/C20H20BrFN2O3/c1-13-10-17(23-26)18(11-15-8-5-9-16(21)19(15)22)24(13)20(25)27-12-14-6-3-2-4-7-14/h2-9,13,18,26H,10-12H2,1H3/t13-,18?/m1/s1. The third kappa shape index (κ3) is 4.30. The molecule has 1 aliphatic rings. The highest BCUT2D eigenvalue weighted by Crippen LogP contribution is 2.28. The molecule has 1 saturated heterocycles. The molecule has 2 aromatic rings. The number of carbonyl (C=O) groups excluding carboxylic acids is 1. The zero-order valence-corrected chi connectivity index (χ0v) is 16.4. The van der Waals surface area contributed by atoms with E-state index in [9.17, 15) is 14.4 Å². The summed E-state index contributed by atoms with van der Waals surface area (Å²) in [5.74, 6) is -0.382. The molecule has 2 atom stereocenters. The van der Waals surface area contributed by atoms with Gasteiger partial charge in [-0.25, -0.2) is 9.18 Å². The highest BCUT2D eigenvalue weighted by Gasteiger charge is 2.41. The van der Waals surface area contributed by atoms with Gasteiger partial charge in [0.05, 0.1) is 16.2 Å². The molecule has 0 aliphatic carbocycles. The molecule has 3 rings (SSSR count). The Balaban J connectivity index is 1.78. The van der Waals surface area contributed by atoms with Crippen LogP contribution in [0.3, 0.4) is 0 Å². The lowest BCUT2D eigenvalue weighted by Crippen LogP contribution is -2.43. The minimum absolute atomic E-state index is 0.145. The van der Waals surface area contributed by atoms with E-state index in [2.05, 4.69) is 21.1 Å². The van der Waals surface area contributed by atoms with Crippen LogP contribution in [0.25, 0.3) is 0 Å². The van der Waals surface area contributed by atoms with Crippen molar-refractivity contribution in [3.05, 3.63) is 69.9 Å². The van der Waals surface area contributed by atoms with Gasteiger partial charge in [0.1, 0.15) is 12.4 Å². The van der Waals surface area contributed by atoms with E-state index in [4.69, 9.17) is 4.74 Å². The lowest BCUT2D eigenvalue weighted by molar-refractivity contribution is 0.0835. The Morgan fingerprint density at radius 3 is 2.74 bits per heavy atom. The van der Waals surface area contributed by atoms with E-state index >= 15 is 0 Å². The Kier molecular flexibility index (Phi) is 6.11. The highest BCUT2D eigenvalue weighted by atomic mass is 79.9. The van der Waals surface area contributed by atoms with Crippen LogP contribution in [0.2, 0.25) is 0 Å². The molecule has 0 saturated carbocycles. The van der Waals surface area contributed by atoms with E-state index in [1.165, 1.54) is 4.90 Å². The lowest BCUT2D eigenvalue weighted by atomic mass is 10.0. The minimum Gasteiger partial charge on any atom is -0.445 e. The van der Waals surface area contributed by atoms with Crippen LogP contribution in [-0.2, 0) is 17.8 Å². The van der Waals surface area contributed by atoms with Crippen molar-refractivity contribution in [3.63, 3.8) is 0 Å². The van der Waals surface area contributed by atoms with Crippen LogP contribution in [0, 0.1) is 5.82 Å². The monoisotopic (exact) mass is 434 g/mol. The van der Waals surface area contributed by atoms with E-state index in [0.29, 0.717) is 22.2 Å². The van der Waals surface area contributed by atoms with Gasteiger partial charge in [0.2, 0.25) is 0 Å². The fourth-order valence-corrected chi connectivity index (χ4v) is 3.75. The zero-order chi connectivity index (χ0) is 19.4. The van der Waals surface area contributed by atoms with Crippen molar-refractivity contribution >= 4 is 27.7 Å². The summed E-state index contributed by atoms with van der Waals surface area (Å²) in [6.45, 7) is 2.00. The molecule has 27 heavy (non-hydrogen) atoms. The summed E-state index contributed by atoms with van der Waals surface area (Å²) < 4.78 is 20.2. The molecule has 142 valence electrons. The minimum atomic E-state index is -0.558. The topological polar surface area (TPSA) is 62.1 Å². The van der Waals surface area contributed by atoms with Gasteiger partial charge in [0, 0.05) is 18.9 Å². The first-order chi connectivity index (χ1) is 13.0. The summed E-state index contributed by atoms with van der Waals surface area (Å²) in [6, 6.07) is 13.6. The number of ether oxygens (including phenoxy) is 1. The molecule has 5 nitrogen and oxygen atoms in total. The Labute approximate surface area is 165 Å². The van der Waals surface area contributed by atoms with Crippen molar-refractivity contribution in [1.82, 2.24) is 4.90 Å². The van der Waals surface area contributed by atoms with Gasteiger partial charge in [0.15, 0.2) is 0 Å². The molecular weight excluding hydrogens is 415 g/mol. The molecule has 0 spiro atoms. The van der Waals surface area contributed by atoms with Gasteiger partial charge < -0.3 is 9.94 Å². The van der Waals surface area contributed by atoms with Gasteiger partial charge in [-0.3, -0.25) is 4.90 Å². The normalized spacial score (nSPS) is 20.9. The first kappa shape index (κ1) is 19.4. The van der Waals surface area contributed by atoms with Gasteiger partial charge in [-0.15, -0.1) is 0 Å². The summed E-state index contributed by atoms with van der Waals surface area (Å²) >= 11 is 3.17. The van der Waals surface area contributed by atoms with Crippen LogP contribution in [0.1, 0.15) is 24.5 Å². The molecule has 7 heteroatoms. The molecule has 1 amide bonds. The summed E-state index contributed by atoms with van der Waals surface area (Å²) in [6.07, 6.45) is 0.109. The number of hydrogen-bond acceptors (Lipinski definition) is 4. The van der Waals surface area contributed by atoms with Crippen molar-refractivity contribution in [2.24, 2.45) is 5.16 Å². The molecular formula is C20H20BrFN2O3. The van der Waals surface area contributed by atoms with Gasteiger partial charge in [-0.1, -0.05) is 47.6 Å². The third-order valence-corrected chi connectivity index (χ3v) is 5.30. The number of likely N-dealkylation sites (tertiary alicyclic amines) is 1. The average Bonchev–Trinajstić information content (AvgIpc) is 2.99. The average molecular weight is 435 g/mol. The maximum atomic E-state index is 14.4. The second kappa shape index (κ2) is 8.52. The molecule has 2 aromatic carbocycles. The number of amides is 1. The predicted molar refractivity (Wildman–Crippen MR) is 103 cm³/mol.